The first kappa shape index (κ1) is 15.6. The van der Waals surface area contributed by atoms with Gasteiger partial charge in [-0.15, -0.1) is 0 Å². The zero-order valence-corrected chi connectivity index (χ0v) is 11.7. The number of carbonyl (C=O) groups excluding carboxylic acids is 1. The van der Waals surface area contributed by atoms with E-state index in [1.807, 2.05) is 0 Å². The molecule has 0 saturated carbocycles. The van der Waals surface area contributed by atoms with Gasteiger partial charge in [-0.05, 0) is 13.0 Å². The van der Waals surface area contributed by atoms with Crippen LogP contribution in [0.15, 0.2) is 12.3 Å². The zero-order valence-electron chi connectivity index (χ0n) is 11.7. The molecule has 0 radical (unpaired) electrons. The molecule has 21 heavy (non-hydrogen) atoms. The van der Waals surface area contributed by atoms with Crippen LogP contribution >= 0.6 is 0 Å². The summed E-state index contributed by atoms with van der Waals surface area (Å²) in [5.41, 5.74) is 7.13. The Labute approximate surface area is 120 Å². The number of nitrogens with zero attached hydrogens (tertiary/aromatic N) is 3. The van der Waals surface area contributed by atoms with E-state index >= 15 is 0 Å². The summed E-state index contributed by atoms with van der Waals surface area (Å²) in [6.07, 6.45) is -2.80. The van der Waals surface area contributed by atoms with Gasteiger partial charge >= 0.3 is 6.18 Å². The van der Waals surface area contributed by atoms with Crippen molar-refractivity contribution in [2.24, 2.45) is 0 Å². The molecule has 2 N–H and O–H groups in total. The molecule has 0 spiro atoms. The van der Waals surface area contributed by atoms with E-state index in [4.69, 9.17) is 5.73 Å². The van der Waals surface area contributed by atoms with Crippen molar-refractivity contribution in [3.8, 4) is 0 Å². The summed E-state index contributed by atoms with van der Waals surface area (Å²) in [6.45, 7) is 1.73. The number of aromatic nitrogens is 1. The van der Waals surface area contributed by atoms with Crippen molar-refractivity contribution >= 4 is 11.6 Å². The molecule has 1 fully saturated rings. The van der Waals surface area contributed by atoms with Crippen molar-refractivity contribution in [3.63, 3.8) is 0 Å². The van der Waals surface area contributed by atoms with Crippen molar-refractivity contribution in [3.05, 3.63) is 23.5 Å². The number of aryl methyl sites for hydroxylation is 1. The molecule has 8 heteroatoms. The molecule has 1 aromatic rings. The average molecular weight is 302 g/mol. The van der Waals surface area contributed by atoms with Gasteiger partial charge in [0.2, 0.25) is 0 Å². The second-order valence-corrected chi connectivity index (χ2v) is 5.10. The van der Waals surface area contributed by atoms with E-state index in [0.29, 0.717) is 16.9 Å². The van der Waals surface area contributed by atoms with Crippen LogP contribution in [0.2, 0.25) is 0 Å². The van der Waals surface area contributed by atoms with Crippen LogP contribution in [0.3, 0.4) is 0 Å². The first-order chi connectivity index (χ1) is 9.76. The first-order valence-corrected chi connectivity index (χ1v) is 6.57. The highest BCUT2D eigenvalue weighted by Crippen LogP contribution is 2.19. The SMILES string of the molecule is Cc1cc(N)c(C(=O)N2CCN(CC(F)(F)F)CC2)cn1. The lowest BCUT2D eigenvalue weighted by Gasteiger charge is -2.35. The number of alkyl halides is 3. The van der Waals surface area contributed by atoms with Crippen molar-refractivity contribution < 1.29 is 18.0 Å². The van der Waals surface area contributed by atoms with Crippen LogP contribution in [0.5, 0.6) is 0 Å². The molecule has 0 aliphatic carbocycles. The van der Waals surface area contributed by atoms with Crippen molar-refractivity contribution in [1.82, 2.24) is 14.8 Å². The minimum absolute atomic E-state index is 0.199. The standard InChI is InChI=1S/C13H17F3N4O/c1-9-6-11(17)10(7-18-9)12(21)20-4-2-19(3-5-20)8-13(14,15)16/h6-7H,2-5,8H2,1H3,(H2,17,18). The second kappa shape index (κ2) is 5.88. The van der Waals surface area contributed by atoms with Gasteiger partial charge in [0.15, 0.2) is 0 Å². The Bertz CT molecular complexity index is 525. The normalized spacial score (nSPS) is 17.0. The molecule has 1 aliphatic rings. The summed E-state index contributed by atoms with van der Waals surface area (Å²) in [7, 11) is 0. The first-order valence-electron chi connectivity index (χ1n) is 6.57. The molecule has 0 bridgehead atoms. The second-order valence-electron chi connectivity index (χ2n) is 5.10. The number of anilines is 1. The molecule has 0 aromatic carbocycles. The van der Waals surface area contributed by atoms with Gasteiger partial charge in [-0.1, -0.05) is 0 Å². The maximum absolute atomic E-state index is 12.3. The molecule has 0 unspecified atom stereocenters. The molecule has 2 rings (SSSR count). The molecule has 1 aromatic heterocycles. The molecular formula is C13H17F3N4O. The van der Waals surface area contributed by atoms with Crippen LogP contribution in [0.1, 0.15) is 16.1 Å². The predicted molar refractivity (Wildman–Crippen MR) is 71.8 cm³/mol. The smallest absolute Gasteiger partial charge is 0.398 e. The average Bonchev–Trinajstić information content (AvgIpc) is 2.37. The summed E-state index contributed by atoms with van der Waals surface area (Å²) in [5, 5.41) is 0. The highest BCUT2D eigenvalue weighted by molar-refractivity contribution is 5.98. The molecule has 0 atom stereocenters. The maximum Gasteiger partial charge on any atom is 0.401 e. The number of piperazine rings is 1. The van der Waals surface area contributed by atoms with Crippen LogP contribution in [0.4, 0.5) is 18.9 Å². The van der Waals surface area contributed by atoms with Crippen LogP contribution in [0, 0.1) is 6.92 Å². The molecule has 1 amide bonds. The molecule has 2 heterocycles. The number of nitrogens with two attached hydrogens (primary N) is 1. The number of carbonyl (C=O) groups is 1. The Kier molecular flexibility index (Phi) is 4.36. The lowest BCUT2D eigenvalue weighted by molar-refractivity contribution is -0.148. The molecular weight excluding hydrogens is 285 g/mol. The van der Waals surface area contributed by atoms with Gasteiger partial charge in [-0.2, -0.15) is 13.2 Å². The minimum atomic E-state index is -4.21. The van der Waals surface area contributed by atoms with E-state index < -0.39 is 12.7 Å². The fraction of sp³-hybridized carbons (Fsp3) is 0.538. The third-order valence-corrected chi connectivity index (χ3v) is 3.37. The van der Waals surface area contributed by atoms with Crippen molar-refractivity contribution in [2.45, 2.75) is 13.1 Å². The van der Waals surface area contributed by atoms with Crippen LogP contribution in [0.25, 0.3) is 0 Å². The Morgan fingerprint density at radius 1 is 1.33 bits per heavy atom. The van der Waals surface area contributed by atoms with Gasteiger partial charge in [-0.25, -0.2) is 0 Å². The quantitative estimate of drug-likeness (QED) is 0.894. The minimum Gasteiger partial charge on any atom is -0.398 e. The van der Waals surface area contributed by atoms with E-state index in [1.165, 1.54) is 16.0 Å². The predicted octanol–water partition coefficient (Wildman–Crippen LogP) is 1.29. The number of hydrogen-bond donors (Lipinski definition) is 1. The van der Waals surface area contributed by atoms with Gasteiger partial charge < -0.3 is 10.6 Å². The number of rotatable bonds is 2. The molecule has 1 aliphatic heterocycles. The van der Waals surface area contributed by atoms with E-state index in [2.05, 4.69) is 4.98 Å². The maximum atomic E-state index is 12.3. The topological polar surface area (TPSA) is 62.5 Å². The molecule has 116 valence electrons. The number of halogens is 3. The lowest BCUT2D eigenvalue weighted by atomic mass is 10.1. The fourth-order valence-electron chi connectivity index (χ4n) is 2.29. The van der Waals surface area contributed by atoms with Crippen LogP contribution in [-0.4, -0.2) is 59.6 Å². The Balaban J connectivity index is 1.97. The monoisotopic (exact) mass is 302 g/mol. The van der Waals surface area contributed by atoms with Crippen molar-refractivity contribution in [2.75, 3.05) is 38.5 Å². The Morgan fingerprint density at radius 2 is 1.95 bits per heavy atom. The van der Waals surface area contributed by atoms with Gasteiger partial charge in [-0.3, -0.25) is 14.7 Å². The summed E-state index contributed by atoms with van der Waals surface area (Å²) in [4.78, 5) is 19.1. The largest absolute Gasteiger partial charge is 0.401 e. The number of nitrogen functional groups attached to an aromatic ring is 1. The van der Waals surface area contributed by atoms with Crippen LogP contribution in [-0.2, 0) is 0 Å². The van der Waals surface area contributed by atoms with E-state index in [0.717, 1.165) is 0 Å². The number of pyridine rings is 1. The fourth-order valence-corrected chi connectivity index (χ4v) is 2.29. The molecule has 1 saturated heterocycles. The summed E-state index contributed by atoms with van der Waals surface area (Å²) < 4.78 is 36.9. The Hall–Kier alpha value is -1.83. The van der Waals surface area contributed by atoms with Gasteiger partial charge in [0, 0.05) is 43.8 Å². The third-order valence-electron chi connectivity index (χ3n) is 3.37. The number of amides is 1. The summed E-state index contributed by atoms with van der Waals surface area (Å²) >= 11 is 0. The van der Waals surface area contributed by atoms with Gasteiger partial charge in [0.05, 0.1) is 12.1 Å². The zero-order chi connectivity index (χ0) is 15.6. The summed E-state index contributed by atoms with van der Waals surface area (Å²) in [5.74, 6) is -0.286. The Morgan fingerprint density at radius 3 is 2.48 bits per heavy atom. The van der Waals surface area contributed by atoms with E-state index in [9.17, 15) is 18.0 Å². The van der Waals surface area contributed by atoms with E-state index in [1.54, 1.807) is 13.0 Å². The van der Waals surface area contributed by atoms with Gasteiger partial charge in [0.25, 0.3) is 5.91 Å². The highest BCUT2D eigenvalue weighted by atomic mass is 19.4. The lowest BCUT2D eigenvalue weighted by Crippen LogP contribution is -2.51. The summed E-state index contributed by atoms with van der Waals surface area (Å²) in [6, 6.07) is 1.60. The van der Waals surface area contributed by atoms with Crippen molar-refractivity contribution in [1.29, 1.82) is 0 Å². The van der Waals surface area contributed by atoms with Crippen LogP contribution < -0.4 is 5.73 Å². The molecule has 5 nitrogen and oxygen atoms in total. The third kappa shape index (κ3) is 4.07. The highest BCUT2D eigenvalue weighted by Gasteiger charge is 2.33. The number of hydrogen-bond acceptors (Lipinski definition) is 4. The van der Waals surface area contributed by atoms with Gasteiger partial charge in [0.1, 0.15) is 0 Å². The van der Waals surface area contributed by atoms with E-state index in [-0.39, 0.29) is 32.1 Å².